The molecule has 0 unspecified atom stereocenters. The van der Waals surface area contributed by atoms with Gasteiger partial charge in [-0.2, -0.15) is 0 Å². The van der Waals surface area contributed by atoms with Gasteiger partial charge < -0.3 is 9.11 Å². The summed E-state index contributed by atoms with van der Waals surface area (Å²) in [6.45, 7) is 0. The standard InChI is InChI=1S/2Ca.Cd.Cr.Cu.H2O4S.4O/c;;;;;1-5(2,3)4;;;;/h;;;;;(H2,1,2,3,4);;;;/q3*+2;;+2;;;;2*-1/p-2. The number of rotatable bonds is 0. The summed E-state index contributed by atoms with van der Waals surface area (Å²) in [5, 5.41) is 0. The molecule has 0 fully saturated rings. The van der Waals surface area contributed by atoms with Crippen LogP contribution in [0.2, 0.25) is 0 Å². The third-order valence-electron chi connectivity index (χ3n) is 0. The molecule has 0 N–H and O–H groups in total. The molecule has 0 saturated carbocycles. The van der Waals surface area contributed by atoms with Gasteiger partial charge in [-0.05, 0) is 0 Å². The summed E-state index contributed by atoms with van der Waals surface area (Å²) in [6, 6.07) is 0. The summed E-state index contributed by atoms with van der Waals surface area (Å²) in [4.78, 5) is 0. The molecule has 0 atom stereocenters. The zero-order valence-corrected chi connectivity index (χ0v) is 18.0. The molecule has 1 radical (unpaired) electrons. The van der Waals surface area contributed by atoms with E-state index in [0.717, 1.165) is 0 Å². The average molecular weight is 468 g/mol. The van der Waals surface area contributed by atoms with Crippen molar-refractivity contribution in [1.82, 2.24) is 0 Å². The topological polar surface area (TPSA) is 161 Å². The Labute approximate surface area is 173 Å². The van der Waals surface area contributed by atoms with Gasteiger partial charge in [0, 0.05) is 10.4 Å². The van der Waals surface area contributed by atoms with Crippen molar-refractivity contribution in [2.45, 2.75) is 0 Å². The minimum absolute atomic E-state index is 0. The molecule has 14 heteroatoms. The van der Waals surface area contributed by atoms with Crippen LogP contribution in [0, 0.1) is 0 Å². The van der Waals surface area contributed by atoms with Crippen LogP contribution in [0.15, 0.2) is 0 Å². The van der Waals surface area contributed by atoms with Crippen LogP contribution in [0.1, 0.15) is 0 Å². The van der Waals surface area contributed by atoms with E-state index >= 15 is 0 Å². The molecule has 0 aliphatic carbocycles. The Morgan fingerprint density at radius 3 is 0.929 bits per heavy atom. The first-order valence-electron chi connectivity index (χ1n) is 1.33. The molecule has 0 bridgehead atoms. The Balaban J connectivity index is -0.0000000178. The Morgan fingerprint density at radius 1 is 0.929 bits per heavy atom. The van der Waals surface area contributed by atoms with E-state index < -0.39 is 24.0 Å². The molecule has 0 aromatic carbocycles. The quantitative estimate of drug-likeness (QED) is 0.195. The number of hydrogen-bond donors (Lipinski definition) is 0. The maximum absolute atomic E-state index is 8.59. The summed E-state index contributed by atoms with van der Waals surface area (Å²) < 4.78 is 68.5. The summed E-state index contributed by atoms with van der Waals surface area (Å²) in [5.41, 5.74) is 0. The van der Waals surface area contributed by atoms with Crippen molar-refractivity contribution in [3.63, 3.8) is 0 Å². The molecule has 0 aromatic rings. The summed E-state index contributed by atoms with van der Waals surface area (Å²) in [6.07, 6.45) is 0. The van der Waals surface area contributed by atoms with E-state index in [4.69, 9.17) is 33.4 Å². The van der Waals surface area contributed by atoms with Gasteiger partial charge in [0.05, 0.1) is 0 Å². The molecule has 14 heavy (non-hydrogen) atoms. The van der Waals surface area contributed by atoms with Crippen molar-refractivity contribution in [3.05, 3.63) is 0 Å². The Hall–Kier alpha value is 3.88. The molecule has 8 nitrogen and oxygen atoms in total. The molecule has 0 aliphatic rings. The van der Waals surface area contributed by atoms with Gasteiger partial charge in [0.15, 0.2) is 0 Å². The molecule has 0 spiro atoms. The summed E-state index contributed by atoms with van der Waals surface area (Å²) in [7, 11) is -5.17. The van der Waals surface area contributed by atoms with Crippen LogP contribution in [-0.2, 0) is 76.0 Å². The molecular weight excluding hydrogens is 468 g/mol. The van der Waals surface area contributed by atoms with Gasteiger partial charge in [0.1, 0.15) is 0 Å². The summed E-state index contributed by atoms with van der Waals surface area (Å²) >= 11 is -5.75. The van der Waals surface area contributed by atoms with Crippen molar-refractivity contribution in [3.8, 4) is 0 Å². The van der Waals surface area contributed by atoms with Crippen LogP contribution >= 0.6 is 0 Å². The monoisotopic (exact) mass is 469 g/mol. The molecule has 0 aliphatic heterocycles. The molecule has 0 aromatic heterocycles. The van der Waals surface area contributed by atoms with Crippen molar-refractivity contribution >= 4 is 85.9 Å². The molecule has 73 valence electrons. The predicted octanol–water partition coefficient (Wildman–Crippen LogP) is -4.72. The van der Waals surface area contributed by atoms with Crippen LogP contribution in [0.4, 0.5) is 0 Å². The van der Waals surface area contributed by atoms with Gasteiger partial charge in [0.2, 0.25) is 0 Å². The van der Waals surface area contributed by atoms with E-state index in [0.29, 0.717) is 0 Å². The summed E-state index contributed by atoms with van der Waals surface area (Å²) in [5.74, 6) is 0. The van der Waals surface area contributed by atoms with Gasteiger partial charge in [0.25, 0.3) is 0 Å². The van der Waals surface area contributed by atoms with Gasteiger partial charge >= 0.3 is 149 Å². The van der Waals surface area contributed by atoms with Crippen LogP contribution in [0.5, 0.6) is 0 Å². The SMILES string of the molecule is O=S(=O)([O-])[O-].[Ca+2].[Ca+2].[Cd+2].[Cu+2].[O]=[Cr](=[O])([O-])[O-]. The van der Waals surface area contributed by atoms with Crippen molar-refractivity contribution in [1.29, 1.82) is 0 Å². The van der Waals surface area contributed by atoms with Crippen molar-refractivity contribution < 1.29 is 91.4 Å². The first kappa shape index (κ1) is 36.1. The van der Waals surface area contributed by atoms with Gasteiger partial charge in [-0.25, -0.2) is 0 Å². The minimum atomic E-state index is -5.75. The third-order valence-corrected chi connectivity index (χ3v) is 0. The average Bonchev–Trinajstić information content (AvgIpc) is 1.12. The van der Waals surface area contributed by atoms with E-state index in [1.807, 2.05) is 0 Å². The van der Waals surface area contributed by atoms with Crippen molar-refractivity contribution in [2.24, 2.45) is 0 Å². The molecule has 0 saturated heterocycles. The first-order chi connectivity index (χ1) is 4.00. The van der Waals surface area contributed by atoms with E-state index in [1.54, 1.807) is 0 Å². The zero-order valence-electron chi connectivity index (χ0n) is 6.51. The second kappa shape index (κ2) is 16.9. The second-order valence-corrected chi connectivity index (χ2v) is 2.91. The fourth-order valence-corrected chi connectivity index (χ4v) is 0. The molecule has 0 rings (SSSR count). The normalized spacial score (nSPS) is 8.29. The van der Waals surface area contributed by atoms with Crippen LogP contribution in [-0.4, -0.2) is 93.0 Å². The third kappa shape index (κ3) is 233. The van der Waals surface area contributed by atoms with E-state index in [2.05, 4.69) is 0 Å². The van der Waals surface area contributed by atoms with E-state index in [1.165, 1.54) is 0 Å². The molecular formula is Ca2CdCrCuO8S+4. The Kier molecular flexibility index (Phi) is 43.5. The maximum atomic E-state index is 8.59. The molecule has 0 heterocycles. The van der Waals surface area contributed by atoms with E-state index in [-0.39, 0.29) is 120 Å². The van der Waals surface area contributed by atoms with Crippen molar-refractivity contribution in [2.75, 3.05) is 0 Å². The zero-order chi connectivity index (χ0) is 9.00. The predicted molar refractivity (Wildman–Crippen MR) is 23.4 cm³/mol. The fraction of sp³-hybridized carbons (Fsp3) is 0. The Bertz CT molecular complexity index is 224. The second-order valence-electron chi connectivity index (χ2n) is 0.816. The fourth-order valence-electron chi connectivity index (χ4n) is 0. The molecule has 0 amide bonds. The van der Waals surface area contributed by atoms with Gasteiger partial charge in [-0.1, -0.05) is 0 Å². The van der Waals surface area contributed by atoms with Gasteiger partial charge in [-0.3, -0.25) is 8.42 Å². The van der Waals surface area contributed by atoms with Crippen LogP contribution < -0.4 is 8.32 Å². The van der Waals surface area contributed by atoms with Crippen LogP contribution in [0.25, 0.3) is 0 Å². The van der Waals surface area contributed by atoms with E-state index in [9.17, 15) is 0 Å². The van der Waals surface area contributed by atoms with Gasteiger partial charge in [-0.15, -0.1) is 0 Å². The Morgan fingerprint density at radius 2 is 0.929 bits per heavy atom. The number of hydrogen-bond acceptors (Lipinski definition) is 8. The van der Waals surface area contributed by atoms with Crippen LogP contribution in [0.3, 0.4) is 0 Å². The first-order valence-corrected chi connectivity index (χ1v) is 4.75.